The van der Waals surface area contributed by atoms with Gasteiger partial charge < -0.3 is 24.5 Å². The van der Waals surface area contributed by atoms with Crippen LogP contribution in [-0.2, 0) is 27.3 Å². The van der Waals surface area contributed by atoms with Gasteiger partial charge in [-0.05, 0) is 13.3 Å². The first-order valence-electron chi connectivity index (χ1n) is 7.73. The Balaban J connectivity index is 1.94. The maximum atomic E-state index is 5.66. The van der Waals surface area contributed by atoms with Crippen LogP contribution in [0.1, 0.15) is 31.3 Å². The summed E-state index contributed by atoms with van der Waals surface area (Å²) in [6.45, 7) is 9.36. The zero-order valence-electron chi connectivity index (χ0n) is 13.3. The molecule has 0 atom stereocenters. The Hall–Kier alpha value is -0.950. The number of ether oxygens (including phenoxy) is 3. The molecule has 1 heterocycles. The van der Waals surface area contributed by atoms with Gasteiger partial charge in [-0.25, -0.2) is 4.98 Å². The fourth-order valence-electron chi connectivity index (χ4n) is 1.93. The third kappa shape index (κ3) is 7.57. The second-order valence-corrected chi connectivity index (χ2v) is 4.84. The van der Waals surface area contributed by atoms with Gasteiger partial charge in [0.25, 0.3) is 0 Å². The van der Waals surface area contributed by atoms with E-state index in [0.29, 0.717) is 39.6 Å². The highest BCUT2D eigenvalue weighted by atomic mass is 16.5. The number of hydrogen-bond donors (Lipinski definition) is 1. The summed E-state index contributed by atoms with van der Waals surface area (Å²) in [6, 6.07) is 0. The second kappa shape index (κ2) is 11.7. The Morgan fingerprint density at radius 1 is 1.05 bits per heavy atom. The van der Waals surface area contributed by atoms with E-state index in [9.17, 15) is 0 Å². The molecule has 0 unspecified atom stereocenters. The zero-order valence-corrected chi connectivity index (χ0v) is 13.3. The van der Waals surface area contributed by atoms with Gasteiger partial charge in [0.2, 0.25) is 0 Å². The van der Waals surface area contributed by atoms with E-state index in [1.807, 2.05) is 13.1 Å². The number of nitrogens with two attached hydrogens (primary N) is 1. The summed E-state index contributed by atoms with van der Waals surface area (Å²) in [5, 5.41) is 0. The van der Waals surface area contributed by atoms with E-state index in [0.717, 1.165) is 37.5 Å². The van der Waals surface area contributed by atoms with E-state index >= 15 is 0 Å². The minimum absolute atomic E-state index is 0.502. The van der Waals surface area contributed by atoms with Crippen molar-refractivity contribution in [1.82, 2.24) is 9.55 Å². The maximum absolute atomic E-state index is 5.66. The lowest BCUT2D eigenvalue weighted by atomic mass is 10.4. The molecule has 0 saturated carbocycles. The van der Waals surface area contributed by atoms with Gasteiger partial charge in [0, 0.05) is 25.9 Å². The topological polar surface area (TPSA) is 71.5 Å². The lowest BCUT2D eigenvalue weighted by molar-refractivity contribution is 0.0126. The molecule has 0 radical (unpaired) electrons. The molecule has 0 aromatic carbocycles. The number of aryl methyl sites for hydroxylation is 1. The summed E-state index contributed by atoms with van der Waals surface area (Å²) in [6.07, 6.45) is 4.09. The highest BCUT2D eigenvalue weighted by Gasteiger charge is 2.04. The third-order valence-corrected chi connectivity index (χ3v) is 3.19. The fourth-order valence-corrected chi connectivity index (χ4v) is 1.93. The Morgan fingerprint density at radius 2 is 1.67 bits per heavy atom. The Bertz CT molecular complexity index is 369. The Morgan fingerprint density at radius 3 is 2.29 bits per heavy atom. The first-order valence-corrected chi connectivity index (χ1v) is 7.73. The van der Waals surface area contributed by atoms with Crippen molar-refractivity contribution in [2.75, 3.05) is 39.6 Å². The monoisotopic (exact) mass is 299 g/mol. The van der Waals surface area contributed by atoms with Crippen LogP contribution in [0.15, 0.2) is 6.20 Å². The standard InChI is InChI=1S/C15H29N3O3/c1-3-4-6-19-8-10-21-11-9-20-7-5-18-14(2)17-13-15(18)12-16/h13H,3-12,16H2,1-2H3. The summed E-state index contributed by atoms with van der Waals surface area (Å²) in [7, 11) is 0. The predicted octanol–water partition coefficient (Wildman–Crippen LogP) is 1.50. The second-order valence-electron chi connectivity index (χ2n) is 4.84. The fraction of sp³-hybridized carbons (Fsp3) is 0.800. The molecule has 6 nitrogen and oxygen atoms in total. The minimum Gasteiger partial charge on any atom is -0.379 e. The normalized spacial score (nSPS) is 11.2. The zero-order chi connectivity index (χ0) is 15.3. The summed E-state index contributed by atoms with van der Waals surface area (Å²) in [5.41, 5.74) is 6.70. The average molecular weight is 299 g/mol. The molecule has 1 aromatic rings. The molecule has 122 valence electrons. The first-order chi connectivity index (χ1) is 10.3. The SMILES string of the molecule is CCCCOCCOCCOCCn1c(CN)cnc1C. The van der Waals surface area contributed by atoms with Crippen LogP contribution in [0.4, 0.5) is 0 Å². The maximum Gasteiger partial charge on any atom is 0.105 e. The van der Waals surface area contributed by atoms with E-state index in [-0.39, 0.29) is 0 Å². The van der Waals surface area contributed by atoms with Crippen LogP contribution >= 0.6 is 0 Å². The van der Waals surface area contributed by atoms with Crippen molar-refractivity contribution in [2.45, 2.75) is 39.8 Å². The average Bonchev–Trinajstić information content (AvgIpc) is 2.85. The molecule has 6 heteroatoms. The predicted molar refractivity (Wildman–Crippen MR) is 82.2 cm³/mol. The quantitative estimate of drug-likeness (QED) is 0.559. The third-order valence-electron chi connectivity index (χ3n) is 3.19. The molecule has 0 bridgehead atoms. The minimum atomic E-state index is 0.502. The highest BCUT2D eigenvalue weighted by Crippen LogP contribution is 2.03. The number of nitrogens with zero attached hydrogens (tertiary/aromatic N) is 2. The van der Waals surface area contributed by atoms with Gasteiger partial charge in [0.05, 0.1) is 38.7 Å². The Kier molecular flexibility index (Phi) is 10.1. The largest absolute Gasteiger partial charge is 0.379 e. The molecule has 21 heavy (non-hydrogen) atoms. The lowest BCUT2D eigenvalue weighted by Gasteiger charge is -2.10. The molecule has 0 aliphatic carbocycles. The van der Waals surface area contributed by atoms with Gasteiger partial charge in [-0.3, -0.25) is 0 Å². The molecule has 1 rings (SSSR count). The molecule has 2 N–H and O–H groups in total. The van der Waals surface area contributed by atoms with Crippen molar-refractivity contribution in [3.63, 3.8) is 0 Å². The van der Waals surface area contributed by atoms with Crippen LogP contribution in [0.3, 0.4) is 0 Å². The van der Waals surface area contributed by atoms with Gasteiger partial charge in [-0.2, -0.15) is 0 Å². The molecule has 1 aromatic heterocycles. The van der Waals surface area contributed by atoms with Crippen LogP contribution in [0.5, 0.6) is 0 Å². The molecular weight excluding hydrogens is 270 g/mol. The molecule has 0 amide bonds. The highest BCUT2D eigenvalue weighted by molar-refractivity contribution is 5.03. The van der Waals surface area contributed by atoms with Crippen LogP contribution in [0.25, 0.3) is 0 Å². The van der Waals surface area contributed by atoms with Crippen LogP contribution in [0, 0.1) is 6.92 Å². The van der Waals surface area contributed by atoms with E-state index in [1.165, 1.54) is 0 Å². The van der Waals surface area contributed by atoms with Gasteiger partial charge >= 0.3 is 0 Å². The van der Waals surface area contributed by atoms with Crippen molar-refractivity contribution < 1.29 is 14.2 Å². The first kappa shape index (κ1) is 18.1. The molecule has 0 spiro atoms. The van der Waals surface area contributed by atoms with E-state index in [2.05, 4.69) is 16.5 Å². The van der Waals surface area contributed by atoms with Crippen molar-refractivity contribution >= 4 is 0 Å². The van der Waals surface area contributed by atoms with Crippen LogP contribution in [-0.4, -0.2) is 49.2 Å². The van der Waals surface area contributed by atoms with E-state index in [1.54, 1.807) is 0 Å². The number of rotatable bonds is 13. The van der Waals surface area contributed by atoms with Crippen LogP contribution in [0.2, 0.25) is 0 Å². The summed E-state index contributed by atoms with van der Waals surface area (Å²) in [4.78, 5) is 4.25. The molecular formula is C15H29N3O3. The summed E-state index contributed by atoms with van der Waals surface area (Å²) >= 11 is 0. The summed E-state index contributed by atoms with van der Waals surface area (Å²) < 4.78 is 18.5. The molecule has 0 aliphatic heterocycles. The molecule has 0 aliphatic rings. The number of unbranched alkanes of at least 4 members (excludes halogenated alkanes) is 1. The van der Waals surface area contributed by atoms with E-state index < -0.39 is 0 Å². The van der Waals surface area contributed by atoms with Crippen LogP contribution < -0.4 is 5.73 Å². The summed E-state index contributed by atoms with van der Waals surface area (Å²) in [5.74, 6) is 0.972. The molecule has 0 fully saturated rings. The molecule has 0 saturated heterocycles. The van der Waals surface area contributed by atoms with Crippen molar-refractivity contribution in [2.24, 2.45) is 5.73 Å². The van der Waals surface area contributed by atoms with E-state index in [4.69, 9.17) is 19.9 Å². The van der Waals surface area contributed by atoms with Crippen molar-refractivity contribution in [3.8, 4) is 0 Å². The van der Waals surface area contributed by atoms with Crippen molar-refractivity contribution in [3.05, 3.63) is 17.7 Å². The lowest BCUT2D eigenvalue weighted by Crippen LogP contribution is -2.15. The van der Waals surface area contributed by atoms with Gasteiger partial charge in [0.15, 0.2) is 0 Å². The number of imidazole rings is 1. The van der Waals surface area contributed by atoms with Gasteiger partial charge in [-0.1, -0.05) is 13.3 Å². The number of hydrogen-bond acceptors (Lipinski definition) is 5. The Labute approximate surface area is 127 Å². The smallest absolute Gasteiger partial charge is 0.105 e. The number of aromatic nitrogens is 2. The van der Waals surface area contributed by atoms with Gasteiger partial charge in [0.1, 0.15) is 5.82 Å². The van der Waals surface area contributed by atoms with Gasteiger partial charge in [-0.15, -0.1) is 0 Å². The van der Waals surface area contributed by atoms with Crippen molar-refractivity contribution in [1.29, 1.82) is 0 Å².